The van der Waals surface area contributed by atoms with Crippen LogP contribution in [0.4, 0.5) is 5.69 Å². The van der Waals surface area contributed by atoms with Crippen molar-refractivity contribution < 1.29 is 9.90 Å². The third kappa shape index (κ3) is 1.97. The number of aryl methyl sites for hydroxylation is 1. The average molecular weight is 215 g/mol. The molecule has 1 atom stereocenters. The first-order valence-corrected chi connectivity index (χ1v) is 4.35. The minimum absolute atomic E-state index is 0.281. The second kappa shape index (κ2) is 3.86. The SMILES string of the molecule is Cc1cc([C@H](N)C(=O)O)c(Cl)cc1N. The molecule has 0 aliphatic carbocycles. The molecular weight excluding hydrogens is 204 g/mol. The zero-order valence-corrected chi connectivity index (χ0v) is 8.38. The van der Waals surface area contributed by atoms with Gasteiger partial charge in [0.25, 0.3) is 0 Å². The molecule has 76 valence electrons. The largest absolute Gasteiger partial charge is 0.480 e. The number of nitrogens with two attached hydrogens (primary N) is 2. The Morgan fingerprint density at radius 3 is 2.64 bits per heavy atom. The zero-order valence-electron chi connectivity index (χ0n) is 7.62. The van der Waals surface area contributed by atoms with Crippen LogP contribution in [0.25, 0.3) is 0 Å². The molecule has 0 aromatic heterocycles. The van der Waals surface area contributed by atoms with Gasteiger partial charge < -0.3 is 16.6 Å². The molecule has 0 aliphatic rings. The fourth-order valence-corrected chi connectivity index (χ4v) is 1.38. The normalized spacial score (nSPS) is 12.5. The molecule has 0 heterocycles. The highest BCUT2D eigenvalue weighted by atomic mass is 35.5. The number of hydrogen-bond acceptors (Lipinski definition) is 3. The first-order valence-electron chi connectivity index (χ1n) is 3.97. The molecule has 1 aromatic rings. The number of anilines is 1. The first kappa shape index (κ1) is 10.8. The molecule has 4 nitrogen and oxygen atoms in total. The molecule has 0 aliphatic heterocycles. The number of hydrogen-bond donors (Lipinski definition) is 3. The highest BCUT2D eigenvalue weighted by molar-refractivity contribution is 6.32. The molecule has 5 N–H and O–H groups in total. The number of carboxylic acids is 1. The van der Waals surface area contributed by atoms with Crippen molar-refractivity contribution >= 4 is 23.3 Å². The Morgan fingerprint density at radius 2 is 2.14 bits per heavy atom. The molecule has 0 amide bonds. The fourth-order valence-electron chi connectivity index (χ4n) is 1.09. The van der Waals surface area contributed by atoms with Gasteiger partial charge in [-0.2, -0.15) is 0 Å². The molecule has 0 saturated heterocycles. The number of aliphatic carboxylic acids is 1. The van der Waals surface area contributed by atoms with Crippen LogP contribution in [0.5, 0.6) is 0 Å². The van der Waals surface area contributed by atoms with Crippen molar-refractivity contribution in [3.8, 4) is 0 Å². The van der Waals surface area contributed by atoms with Gasteiger partial charge in [-0.25, -0.2) is 0 Å². The maximum absolute atomic E-state index is 10.6. The molecule has 5 heteroatoms. The summed E-state index contributed by atoms with van der Waals surface area (Å²) in [7, 11) is 0. The summed E-state index contributed by atoms with van der Waals surface area (Å²) in [5.74, 6) is -1.11. The van der Waals surface area contributed by atoms with E-state index in [0.29, 0.717) is 11.3 Å². The molecule has 0 fully saturated rings. The van der Waals surface area contributed by atoms with Crippen LogP contribution < -0.4 is 11.5 Å². The van der Waals surface area contributed by atoms with E-state index in [1.165, 1.54) is 6.07 Å². The van der Waals surface area contributed by atoms with Gasteiger partial charge in [-0.3, -0.25) is 4.79 Å². The van der Waals surface area contributed by atoms with E-state index in [2.05, 4.69) is 0 Å². The second-order valence-electron chi connectivity index (χ2n) is 3.05. The van der Waals surface area contributed by atoms with E-state index in [1.807, 2.05) is 0 Å². The standard InChI is InChI=1S/C9H11ClN2O2/c1-4-2-5(8(12)9(13)14)6(10)3-7(4)11/h2-3,8H,11-12H2,1H3,(H,13,14)/t8-/m0/s1. The Bertz CT molecular complexity index is 379. The number of rotatable bonds is 2. The highest BCUT2D eigenvalue weighted by Gasteiger charge is 2.18. The molecule has 0 bridgehead atoms. The van der Waals surface area contributed by atoms with E-state index in [4.69, 9.17) is 28.2 Å². The van der Waals surface area contributed by atoms with Gasteiger partial charge in [0.05, 0.1) is 0 Å². The number of nitrogen functional groups attached to an aromatic ring is 1. The topological polar surface area (TPSA) is 89.3 Å². The first-order chi connectivity index (χ1) is 6.43. The quantitative estimate of drug-likeness (QED) is 0.648. The summed E-state index contributed by atoms with van der Waals surface area (Å²) in [5, 5.41) is 8.99. The van der Waals surface area contributed by atoms with Gasteiger partial charge in [0.2, 0.25) is 0 Å². The third-order valence-corrected chi connectivity index (χ3v) is 2.31. The van der Waals surface area contributed by atoms with Gasteiger partial charge in [-0.1, -0.05) is 17.7 Å². The van der Waals surface area contributed by atoms with Crippen LogP contribution in [0.3, 0.4) is 0 Å². The molecule has 1 aromatic carbocycles. The van der Waals surface area contributed by atoms with Gasteiger partial charge in [-0.15, -0.1) is 0 Å². The van der Waals surface area contributed by atoms with Gasteiger partial charge >= 0.3 is 5.97 Å². The Balaban J connectivity index is 3.22. The Kier molecular flexibility index (Phi) is 2.98. The molecule has 0 radical (unpaired) electrons. The van der Waals surface area contributed by atoms with Crippen molar-refractivity contribution in [3.63, 3.8) is 0 Å². The van der Waals surface area contributed by atoms with E-state index in [0.717, 1.165) is 5.56 Å². The predicted molar refractivity (Wildman–Crippen MR) is 55.2 cm³/mol. The monoisotopic (exact) mass is 214 g/mol. The summed E-state index contributed by atoms with van der Waals surface area (Å²) >= 11 is 5.82. The zero-order chi connectivity index (χ0) is 10.9. The lowest BCUT2D eigenvalue weighted by Crippen LogP contribution is -2.21. The van der Waals surface area contributed by atoms with Crippen LogP contribution in [-0.2, 0) is 4.79 Å². The minimum Gasteiger partial charge on any atom is -0.480 e. The summed E-state index contributed by atoms with van der Waals surface area (Å²) < 4.78 is 0. The van der Waals surface area contributed by atoms with Crippen LogP contribution in [-0.4, -0.2) is 11.1 Å². The van der Waals surface area contributed by atoms with E-state index in [-0.39, 0.29) is 5.02 Å². The Hall–Kier alpha value is -1.26. The predicted octanol–water partition coefficient (Wildman–Crippen LogP) is 1.32. The molecule has 0 unspecified atom stereocenters. The summed E-state index contributed by atoms with van der Waals surface area (Å²) in [5.41, 5.74) is 12.7. The summed E-state index contributed by atoms with van der Waals surface area (Å²) in [6, 6.07) is 1.99. The van der Waals surface area contributed by atoms with Crippen molar-refractivity contribution in [2.75, 3.05) is 5.73 Å². The van der Waals surface area contributed by atoms with Crippen molar-refractivity contribution in [1.82, 2.24) is 0 Å². The molecule has 14 heavy (non-hydrogen) atoms. The number of benzene rings is 1. The maximum atomic E-state index is 10.6. The Labute approximate surface area is 86.5 Å². The van der Waals surface area contributed by atoms with Gasteiger partial charge in [0, 0.05) is 10.7 Å². The van der Waals surface area contributed by atoms with Crippen molar-refractivity contribution in [3.05, 3.63) is 28.3 Å². The van der Waals surface area contributed by atoms with E-state index in [1.54, 1.807) is 13.0 Å². The van der Waals surface area contributed by atoms with E-state index < -0.39 is 12.0 Å². The van der Waals surface area contributed by atoms with E-state index in [9.17, 15) is 4.79 Å². The van der Waals surface area contributed by atoms with Crippen LogP contribution in [0.15, 0.2) is 12.1 Å². The molecular formula is C9H11ClN2O2. The fraction of sp³-hybridized carbons (Fsp3) is 0.222. The van der Waals surface area contributed by atoms with Crippen LogP contribution in [0.2, 0.25) is 5.02 Å². The summed E-state index contributed by atoms with van der Waals surface area (Å²) in [6.45, 7) is 1.77. The summed E-state index contributed by atoms with van der Waals surface area (Å²) in [6.07, 6.45) is 0. The van der Waals surface area contributed by atoms with Crippen molar-refractivity contribution in [2.24, 2.45) is 5.73 Å². The van der Waals surface area contributed by atoms with Crippen LogP contribution >= 0.6 is 11.6 Å². The van der Waals surface area contributed by atoms with Gasteiger partial charge in [0.15, 0.2) is 0 Å². The smallest absolute Gasteiger partial charge is 0.325 e. The Morgan fingerprint density at radius 1 is 1.57 bits per heavy atom. The lowest BCUT2D eigenvalue weighted by molar-refractivity contribution is -0.138. The second-order valence-corrected chi connectivity index (χ2v) is 3.45. The maximum Gasteiger partial charge on any atom is 0.325 e. The van der Waals surface area contributed by atoms with Crippen molar-refractivity contribution in [1.29, 1.82) is 0 Å². The number of carbonyl (C=O) groups is 1. The number of carboxylic acid groups (broad SMARTS) is 1. The molecule has 0 spiro atoms. The van der Waals surface area contributed by atoms with Crippen LogP contribution in [0.1, 0.15) is 17.2 Å². The van der Waals surface area contributed by atoms with E-state index >= 15 is 0 Å². The lowest BCUT2D eigenvalue weighted by Gasteiger charge is -2.11. The average Bonchev–Trinajstić information content (AvgIpc) is 2.10. The van der Waals surface area contributed by atoms with Gasteiger partial charge in [-0.05, 0) is 24.1 Å². The summed E-state index contributed by atoms with van der Waals surface area (Å²) in [4.78, 5) is 10.6. The van der Waals surface area contributed by atoms with Crippen LogP contribution in [0, 0.1) is 6.92 Å². The highest BCUT2D eigenvalue weighted by Crippen LogP contribution is 2.26. The molecule has 0 saturated carbocycles. The number of halogens is 1. The van der Waals surface area contributed by atoms with Crippen molar-refractivity contribution in [2.45, 2.75) is 13.0 Å². The molecule has 1 rings (SSSR count). The van der Waals surface area contributed by atoms with Gasteiger partial charge in [0.1, 0.15) is 6.04 Å². The lowest BCUT2D eigenvalue weighted by atomic mass is 10.0. The minimum atomic E-state index is -1.11. The third-order valence-electron chi connectivity index (χ3n) is 1.99.